The van der Waals surface area contributed by atoms with E-state index in [-0.39, 0.29) is 12.5 Å². The van der Waals surface area contributed by atoms with Gasteiger partial charge in [0.25, 0.3) is 11.8 Å². The standard InChI is InChI=1S/C18H20N2O3S/c1-11-2-7-14-15(10-24-16(14)8-11)18(22)20-12-3-5-13(6-4-12)23-9-17(19)21/h3-6,10-11H,2,7-9H2,1H3,(H2,19,21)(H,20,22). The van der Waals surface area contributed by atoms with Gasteiger partial charge in [-0.25, -0.2) is 0 Å². The predicted octanol–water partition coefficient (Wildman–Crippen LogP) is 2.99. The van der Waals surface area contributed by atoms with E-state index in [1.54, 1.807) is 35.6 Å². The van der Waals surface area contributed by atoms with E-state index < -0.39 is 5.91 Å². The first-order valence-electron chi connectivity index (χ1n) is 7.94. The van der Waals surface area contributed by atoms with Crippen LogP contribution in [-0.2, 0) is 17.6 Å². The molecule has 0 saturated carbocycles. The average molecular weight is 344 g/mol. The number of anilines is 1. The van der Waals surface area contributed by atoms with E-state index in [4.69, 9.17) is 10.5 Å². The van der Waals surface area contributed by atoms with Gasteiger partial charge in [0.1, 0.15) is 5.75 Å². The molecule has 1 aliphatic carbocycles. The summed E-state index contributed by atoms with van der Waals surface area (Å²) in [5, 5.41) is 4.88. The molecule has 3 rings (SSSR count). The smallest absolute Gasteiger partial charge is 0.256 e. The Hall–Kier alpha value is -2.34. The number of benzene rings is 1. The molecular formula is C18H20N2O3S. The van der Waals surface area contributed by atoms with Crippen molar-refractivity contribution in [3.63, 3.8) is 0 Å². The lowest BCUT2D eigenvalue weighted by Crippen LogP contribution is -2.20. The Morgan fingerprint density at radius 1 is 1.33 bits per heavy atom. The van der Waals surface area contributed by atoms with Crippen molar-refractivity contribution in [2.45, 2.75) is 26.2 Å². The van der Waals surface area contributed by atoms with Gasteiger partial charge in [-0.05, 0) is 55.0 Å². The highest BCUT2D eigenvalue weighted by molar-refractivity contribution is 7.10. The fourth-order valence-electron chi connectivity index (χ4n) is 2.86. The molecule has 1 heterocycles. The molecule has 3 N–H and O–H groups in total. The van der Waals surface area contributed by atoms with Gasteiger partial charge in [0.05, 0.1) is 5.56 Å². The molecule has 2 aromatic rings. The summed E-state index contributed by atoms with van der Waals surface area (Å²) in [7, 11) is 0. The van der Waals surface area contributed by atoms with Crippen LogP contribution in [0.2, 0.25) is 0 Å². The number of nitrogens with one attached hydrogen (secondary N) is 1. The quantitative estimate of drug-likeness (QED) is 0.875. The largest absolute Gasteiger partial charge is 0.484 e. The van der Waals surface area contributed by atoms with Gasteiger partial charge in [-0.2, -0.15) is 0 Å². The Labute approximate surface area is 144 Å². The summed E-state index contributed by atoms with van der Waals surface area (Å²) in [5.74, 6) is 0.630. The van der Waals surface area contributed by atoms with Crippen molar-refractivity contribution in [1.29, 1.82) is 0 Å². The molecule has 1 aromatic heterocycles. The van der Waals surface area contributed by atoms with Crippen LogP contribution >= 0.6 is 11.3 Å². The number of fused-ring (bicyclic) bond motifs is 1. The second-order valence-electron chi connectivity index (χ2n) is 6.13. The molecule has 5 nitrogen and oxygen atoms in total. The highest BCUT2D eigenvalue weighted by Gasteiger charge is 2.23. The minimum atomic E-state index is -0.524. The van der Waals surface area contributed by atoms with Gasteiger partial charge in [0, 0.05) is 15.9 Å². The van der Waals surface area contributed by atoms with Crippen molar-refractivity contribution in [3.8, 4) is 5.75 Å². The van der Waals surface area contributed by atoms with Crippen molar-refractivity contribution >= 4 is 28.8 Å². The number of carbonyl (C=O) groups excluding carboxylic acids is 2. The molecule has 1 aromatic carbocycles. The third-order valence-electron chi connectivity index (χ3n) is 4.14. The maximum Gasteiger partial charge on any atom is 0.256 e. The predicted molar refractivity (Wildman–Crippen MR) is 94.6 cm³/mol. The SMILES string of the molecule is CC1CCc2c(C(=O)Nc3ccc(OCC(N)=O)cc3)csc2C1. The zero-order chi connectivity index (χ0) is 17.1. The molecule has 1 unspecified atom stereocenters. The van der Waals surface area contributed by atoms with Crippen molar-refractivity contribution in [2.75, 3.05) is 11.9 Å². The van der Waals surface area contributed by atoms with Gasteiger partial charge >= 0.3 is 0 Å². The lowest BCUT2D eigenvalue weighted by molar-refractivity contribution is -0.119. The van der Waals surface area contributed by atoms with Crippen molar-refractivity contribution in [3.05, 3.63) is 45.6 Å². The van der Waals surface area contributed by atoms with Crippen LogP contribution in [0.4, 0.5) is 5.69 Å². The van der Waals surface area contributed by atoms with Gasteiger partial charge in [-0.3, -0.25) is 9.59 Å². The minimum Gasteiger partial charge on any atom is -0.484 e. The fourth-order valence-corrected chi connectivity index (χ4v) is 4.10. The lowest BCUT2D eigenvalue weighted by atomic mass is 9.88. The Bertz CT molecular complexity index is 752. The molecule has 0 spiro atoms. The first kappa shape index (κ1) is 16.5. The molecule has 1 atom stereocenters. The molecule has 0 fully saturated rings. The summed E-state index contributed by atoms with van der Waals surface area (Å²) >= 11 is 1.68. The maximum absolute atomic E-state index is 12.5. The Balaban J connectivity index is 1.66. The average Bonchev–Trinajstić information content (AvgIpc) is 2.97. The first-order chi connectivity index (χ1) is 11.5. The van der Waals surface area contributed by atoms with Crippen LogP contribution in [0.5, 0.6) is 5.75 Å². The molecule has 6 heteroatoms. The highest BCUT2D eigenvalue weighted by atomic mass is 32.1. The normalized spacial score (nSPS) is 16.3. The van der Waals surface area contributed by atoms with Crippen LogP contribution in [0, 0.1) is 5.92 Å². The van der Waals surface area contributed by atoms with E-state index >= 15 is 0 Å². The number of ether oxygens (including phenoxy) is 1. The maximum atomic E-state index is 12.5. The number of primary amides is 1. The van der Waals surface area contributed by atoms with E-state index in [0.29, 0.717) is 17.4 Å². The number of rotatable bonds is 5. The minimum absolute atomic E-state index is 0.0761. The number of hydrogen-bond donors (Lipinski definition) is 2. The number of amides is 2. The summed E-state index contributed by atoms with van der Waals surface area (Å²) in [6, 6.07) is 6.89. The van der Waals surface area contributed by atoms with Gasteiger partial charge in [0.15, 0.2) is 6.61 Å². The molecule has 0 radical (unpaired) electrons. The zero-order valence-corrected chi connectivity index (χ0v) is 14.3. The third-order valence-corrected chi connectivity index (χ3v) is 5.19. The Kier molecular flexibility index (Phi) is 4.85. The van der Waals surface area contributed by atoms with Crippen molar-refractivity contribution < 1.29 is 14.3 Å². The van der Waals surface area contributed by atoms with E-state index in [1.807, 2.05) is 5.38 Å². The highest BCUT2D eigenvalue weighted by Crippen LogP contribution is 2.33. The lowest BCUT2D eigenvalue weighted by Gasteiger charge is -2.18. The van der Waals surface area contributed by atoms with E-state index in [0.717, 1.165) is 24.8 Å². The van der Waals surface area contributed by atoms with Crippen molar-refractivity contribution in [1.82, 2.24) is 0 Å². The van der Waals surface area contributed by atoms with Crippen LogP contribution in [0.25, 0.3) is 0 Å². The number of hydrogen-bond acceptors (Lipinski definition) is 4. The van der Waals surface area contributed by atoms with Gasteiger partial charge in [0.2, 0.25) is 0 Å². The van der Waals surface area contributed by atoms with E-state index in [1.165, 1.54) is 10.4 Å². The van der Waals surface area contributed by atoms with Crippen LogP contribution in [0.15, 0.2) is 29.6 Å². The first-order valence-corrected chi connectivity index (χ1v) is 8.82. The molecule has 0 bridgehead atoms. The monoisotopic (exact) mass is 344 g/mol. The second-order valence-corrected chi connectivity index (χ2v) is 7.10. The third kappa shape index (κ3) is 3.76. The molecule has 126 valence electrons. The molecule has 0 saturated heterocycles. The molecular weight excluding hydrogens is 324 g/mol. The number of carbonyl (C=O) groups is 2. The van der Waals surface area contributed by atoms with Crippen LogP contribution in [0.3, 0.4) is 0 Å². The summed E-state index contributed by atoms with van der Waals surface area (Å²) in [5.41, 5.74) is 7.72. The summed E-state index contributed by atoms with van der Waals surface area (Å²) < 4.78 is 5.20. The van der Waals surface area contributed by atoms with Gasteiger partial charge < -0.3 is 15.8 Å². The van der Waals surface area contributed by atoms with Crippen LogP contribution in [-0.4, -0.2) is 18.4 Å². The molecule has 0 aliphatic heterocycles. The summed E-state index contributed by atoms with van der Waals surface area (Å²) in [6.45, 7) is 2.09. The van der Waals surface area contributed by atoms with E-state index in [2.05, 4.69) is 12.2 Å². The molecule has 24 heavy (non-hydrogen) atoms. The fraction of sp³-hybridized carbons (Fsp3) is 0.333. The van der Waals surface area contributed by atoms with Crippen LogP contribution < -0.4 is 15.8 Å². The summed E-state index contributed by atoms with van der Waals surface area (Å²) in [6.07, 6.45) is 3.18. The second kappa shape index (κ2) is 7.05. The Morgan fingerprint density at radius 2 is 2.08 bits per heavy atom. The number of nitrogens with two attached hydrogens (primary N) is 1. The van der Waals surface area contributed by atoms with Gasteiger partial charge in [-0.15, -0.1) is 11.3 Å². The van der Waals surface area contributed by atoms with Crippen molar-refractivity contribution in [2.24, 2.45) is 11.7 Å². The molecule has 2 amide bonds. The Morgan fingerprint density at radius 3 is 2.79 bits per heavy atom. The van der Waals surface area contributed by atoms with Gasteiger partial charge in [-0.1, -0.05) is 6.92 Å². The van der Waals surface area contributed by atoms with E-state index in [9.17, 15) is 9.59 Å². The summed E-state index contributed by atoms with van der Waals surface area (Å²) in [4.78, 5) is 24.6. The number of thiophene rings is 1. The zero-order valence-electron chi connectivity index (χ0n) is 13.5. The van der Waals surface area contributed by atoms with Crippen LogP contribution in [0.1, 0.15) is 34.1 Å². The topological polar surface area (TPSA) is 81.4 Å². The molecule has 1 aliphatic rings.